The van der Waals surface area contributed by atoms with E-state index in [1.165, 1.54) is 4.90 Å². The summed E-state index contributed by atoms with van der Waals surface area (Å²) in [5.41, 5.74) is 0.835. The van der Waals surface area contributed by atoms with E-state index in [0.29, 0.717) is 11.1 Å². The minimum absolute atomic E-state index is 0.139. The fourth-order valence-corrected chi connectivity index (χ4v) is 1.80. The third-order valence-corrected chi connectivity index (χ3v) is 2.65. The van der Waals surface area contributed by atoms with Crippen LogP contribution in [0, 0.1) is 6.92 Å². The SMILES string of the molecule is Cc1cc2c(N(C)CCO)nc(C(F)(F)F)nc2[nH]1. The van der Waals surface area contributed by atoms with Crippen molar-refractivity contribution in [2.24, 2.45) is 0 Å². The van der Waals surface area contributed by atoms with Crippen molar-refractivity contribution in [3.05, 3.63) is 17.6 Å². The molecule has 0 aliphatic carbocycles. The van der Waals surface area contributed by atoms with E-state index in [1.807, 2.05) is 0 Å². The molecule has 0 radical (unpaired) electrons. The van der Waals surface area contributed by atoms with Crippen molar-refractivity contribution in [3.8, 4) is 0 Å². The Hall–Kier alpha value is -1.83. The number of nitrogens with one attached hydrogen (secondary N) is 1. The Kier molecular flexibility index (Phi) is 3.36. The topological polar surface area (TPSA) is 65.0 Å². The number of aromatic nitrogens is 3. The molecule has 0 aliphatic heterocycles. The van der Waals surface area contributed by atoms with Crippen LogP contribution in [0.25, 0.3) is 11.0 Å². The molecule has 19 heavy (non-hydrogen) atoms. The summed E-state index contributed by atoms with van der Waals surface area (Å²) in [6, 6.07) is 1.68. The molecule has 0 atom stereocenters. The number of rotatable bonds is 3. The van der Waals surface area contributed by atoms with Gasteiger partial charge in [0.05, 0.1) is 12.0 Å². The number of halogens is 3. The number of H-pyrrole nitrogens is 1. The van der Waals surface area contributed by atoms with Gasteiger partial charge in [-0.05, 0) is 13.0 Å². The second kappa shape index (κ2) is 4.69. The van der Waals surface area contributed by atoms with E-state index in [9.17, 15) is 13.2 Å². The first kappa shape index (κ1) is 13.6. The maximum Gasteiger partial charge on any atom is 0.451 e. The molecule has 2 aromatic rings. The minimum atomic E-state index is -4.61. The molecule has 0 aliphatic rings. The number of aliphatic hydroxyl groups is 1. The van der Waals surface area contributed by atoms with Crippen LogP contribution in [0.5, 0.6) is 0 Å². The van der Waals surface area contributed by atoms with Crippen LogP contribution in [0.3, 0.4) is 0 Å². The molecule has 0 unspecified atom stereocenters. The number of anilines is 1. The number of alkyl halides is 3. The predicted molar refractivity (Wildman–Crippen MR) is 64.0 cm³/mol. The molecule has 5 nitrogen and oxygen atoms in total. The van der Waals surface area contributed by atoms with Gasteiger partial charge in [-0.3, -0.25) is 0 Å². The number of fused-ring (bicyclic) bond motifs is 1. The Morgan fingerprint density at radius 2 is 2.05 bits per heavy atom. The standard InChI is InChI=1S/C11H13F3N4O/c1-6-5-7-8(15-6)16-10(11(12,13)14)17-9(7)18(2)3-4-19/h5,19H,3-4H2,1-2H3,(H,15,16,17). The monoisotopic (exact) mass is 274 g/mol. The van der Waals surface area contributed by atoms with Crippen LogP contribution in [0.1, 0.15) is 11.5 Å². The molecule has 0 aromatic carbocycles. The summed E-state index contributed by atoms with van der Waals surface area (Å²) in [4.78, 5) is 11.3. The molecule has 2 heterocycles. The molecule has 0 spiro atoms. The van der Waals surface area contributed by atoms with E-state index in [0.717, 1.165) is 0 Å². The molecular weight excluding hydrogens is 261 g/mol. The van der Waals surface area contributed by atoms with Crippen LogP contribution in [0.2, 0.25) is 0 Å². The normalized spacial score (nSPS) is 12.1. The van der Waals surface area contributed by atoms with Gasteiger partial charge in [-0.15, -0.1) is 0 Å². The Labute approximate surface area is 107 Å². The van der Waals surface area contributed by atoms with Gasteiger partial charge in [0.2, 0.25) is 5.82 Å². The lowest BCUT2D eigenvalue weighted by atomic mass is 10.3. The van der Waals surface area contributed by atoms with Gasteiger partial charge in [0.1, 0.15) is 11.5 Å². The van der Waals surface area contributed by atoms with E-state index in [4.69, 9.17) is 5.11 Å². The highest BCUT2D eigenvalue weighted by Gasteiger charge is 2.36. The predicted octanol–water partition coefficient (Wildman–Crippen LogP) is 1.71. The summed E-state index contributed by atoms with van der Waals surface area (Å²) in [5, 5.41) is 9.39. The van der Waals surface area contributed by atoms with Crippen LogP contribution in [-0.4, -0.2) is 40.3 Å². The van der Waals surface area contributed by atoms with Crippen LogP contribution in [0.15, 0.2) is 6.07 Å². The van der Waals surface area contributed by atoms with Crippen molar-refractivity contribution >= 4 is 16.9 Å². The first-order valence-electron chi connectivity index (χ1n) is 5.59. The number of nitrogens with zero attached hydrogens (tertiary/aromatic N) is 3. The van der Waals surface area contributed by atoms with E-state index < -0.39 is 12.0 Å². The zero-order valence-corrected chi connectivity index (χ0v) is 10.4. The average Bonchev–Trinajstić information content (AvgIpc) is 2.66. The first-order chi connectivity index (χ1) is 8.82. The molecule has 104 valence electrons. The molecule has 2 N–H and O–H groups in total. The zero-order valence-electron chi connectivity index (χ0n) is 10.4. The third-order valence-electron chi connectivity index (χ3n) is 2.65. The Balaban J connectivity index is 2.64. The first-order valence-corrected chi connectivity index (χ1v) is 5.59. The smallest absolute Gasteiger partial charge is 0.395 e. The molecule has 0 saturated carbocycles. The van der Waals surface area contributed by atoms with Crippen molar-refractivity contribution in [2.75, 3.05) is 25.1 Å². The van der Waals surface area contributed by atoms with Gasteiger partial charge in [-0.25, -0.2) is 9.97 Å². The van der Waals surface area contributed by atoms with Crippen molar-refractivity contribution in [1.82, 2.24) is 15.0 Å². The molecule has 0 fully saturated rings. The summed E-state index contributed by atoms with van der Waals surface area (Å²) >= 11 is 0. The molecule has 0 bridgehead atoms. The van der Waals surface area contributed by atoms with Gasteiger partial charge in [-0.1, -0.05) is 0 Å². The van der Waals surface area contributed by atoms with Crippen LogP contribution < -0.4 is 4.90 Å². The maximum absolute atomic E-state index is 12.7. The van der Waals surface area contributed by atoms with Crippen molar-refractivity contribution in [1.29, 1.82) is 0 Å². The summed E-state index contributed by atoms with van der Waals surface area (Å²) in [6.45, 7) is 1.74. The summed E-state index contributed by atoms with van der Waals surface area (Å²) < 4.78 is 38.2. The maximum atomic E-state index is 12.7. The van der Waals surface area contributed by atoms with Crippen molar-refractivity contribution in [3.63, 3.8) is 0 Å². The van der Waals surface area contributed by atoms with Gasteiger partial charge >= 0.3 is 6.18 Å². The molecule has 2 aromatic heterocycles. The Bertz CT molecular complexity index is 593. The average molecular weight is 274 g/mol. The number of aryl methyl sites for hydroxylation is 1. The second-order valence-corrected chi connectivity index (χ2v) is 4.23. The summed E-state index contributed by atoms with van der Waals surface area (Å²) in [5.74, 6) is -1.04. The number of hydrogen-bond donors (Lipinski definition) is 2. The van der Waals surface area contributed by atoms with E-state index in [-0.39, 0.29) is 24.6 Å². The zero-order chi connectivity index (χ0) is 14.2. The highest BCUT2D eigenvalue weighted by atomic mass is 19.4. The number of aliphatic hydroxyl groups excluding tert-OH is 1. The fraction of sp³-hybridized carbons (Fsp3) is 0.455. The van der Waals surface area contributed by atoms with E-state index >= 15 is 0 Å². The lowest BCUT2D eigenvalue weighted by Crippen LogP contribution is -2.24. The van der Waals surface area contributed by atoms with Crippen molar-refractivity contribution in [2.45, 2.75) is 13.1 Å². The van der Waals surface area contributed by atoms with Gasteiger partial charge in [-0.2, -0.15) is 13.2 Å². The Morgan fingerprint density at radius 3 is 2.63 bits per heavy atom. The van der Waals surface area contributed by atoms with Gasteiger partial charge in [0, 0.05) is 19.3 Å². The number of likely N-dealkylation sites (N-methyl/N-ethyl adjacent to an activating group) is 1. The Morgan fingerprint density at radius 1 is 1.37 bits per heavy atom. The van der Waals surface area contributed by atoms with E-state index in [2.05, 4.69) is 15.0 Å². The lowest BCUT2D eigenvalue weighted by molar-refractivity contribution is -0.144. The quantitative estimate of drug-likeness (QED) is 0.894. The van der Waals surface area contributed by atoms with Gasteiger partial charge in [0.15, 0.2) is 0 Å². The molecule has 0 amide bonds. The lowest BCUT2D eigenvalue weighted by Gasteiger charge is -2.18. The summed E-state index contributed by atoms with van der Waals surface area (Å²) in [7, 11) is 1.57. The summed E-state index contributed by atoms with van der Waals surface area (Å²) in [6.07, 6.45) is -4.61. The molecule has 8 heteroatoms. The third kappa shape index (κ3) is 2.62. The van der Waals surface area contributed by atoms with Crippen LogP contribution >= 0.6 is 0 Å². The van der Waals surface area contributed by atoms with Crippen molar-refractivity contribution < 1.29 is 18.3 Å². The van der Waals surface area contributed by atoms with Gasteiger partial charge in [0.25, 0.3) is 0 Å². The highest BCUT2D eigenvalue weighted by Crippen LogP contribution is 2.31. The van der Waals surface area contributed by atoms with E-state index in [1.54, 1.807) is 20.0 Å². The largest absolute Gasteiger partial charge is 0.451 e. The molecule has 2 rings (SSSR count). The fourth-order valence-electron chi connectivity index (χ4n) is 1.80. The van der Waals surface area contributed by atoms with Crippen LogP contribution in [0.4, 0.5) is 19.0 Å². The molecular formula is C11H13F3N4O. The van der Waals surface area contributed by atoms with Crippen LogP contribution in [-0.2, 0) is 6.18 Å². The molecule has 0 saturated heterocycles. The number of aromatic amines is 1. The second-order valence-electron chi connectivity index (χ2n) is 4.23. The number of hydrogen-bond acceptors (Lipinski definition) is 4. The highest BCUT2D eigenvalue weighted by molar-refractivity contribution is 5.88. The van der Waals surface area contributed by atoms with Gasteiger partial charge < -0.3 is 15.0 Å². The minimum Gasteiger partial charge on any atom is -0.395 e.